The molecule has 1 aliphatic carbocycles. The van der Waals surface area contributed by atoms with Gasteiger partial charge < -0.3 is 10.2 Å². The molecular formula is C18H18ClFN4O3S. The molecule has 0 fully saturated rings. The Morgan fingerprint density at radius 2 is 2.36 bits per heavy atom. The van der Waals surface area contributed by atoms with Crippen molar-refractivity contribution in [2.24, 2.45) is 5.73 Å². The molecule has 0 spiro atoms. The molecule has 2 unspecified atom stereocenters. The number of aromatic nitrogens is 2. The second-order valence-corrected chi connectivity index (χ2v) is 7.69. The summed E-state index contributed by atoms with van der Waals surface area (Å²) in [5.74, 6) is -1.56. The number of rotatable bonds is 7. The summed E-state index contributed by atoms with van der Waals surface area (Å²) in [6, 6.07) is 4.15. The van der Waals surface area contributed by atoms with Crippen LogP contribution in [0.4, 0.5) is 4.39 Å². The monoisotopic (exact) mass is 424 g/mol. The highest BCUT2D eigenvalue weighted by molar-refractivity contribution is 8.01. The Hall–Kier alpha value is -2.36. The molecule has 1 aromatic heterocycles. The largest absolute Gasteiger partial charge is 0.434 e. The van der Waals surface area contributed by atoms with E-state index >= 15 is 0 Å². The summed E-state index contributed by atoms with van der Waals surface area (Å²) in [4.78, 5) is 23.7. The van der Waals surface area contributed by atoms with E-state index in [1.165, 1.54) is 6.07 Å². The number of benzene rings is 1. The SMILES string of the molecule is Cc1cccc(F)c1CC(NSC1=C(C(N)=O)CC(Cl)C=C1)c1n[nH]c(=O)o1. The maximum absolute atomic E-state index is 14.3. The summed E-state index contributed by atoms with van der Waals surface area (Å²) >= 11 is 7.18. The van der Waals surface area contributed by atoms with Crippen molar-refractivity contribution in [3.63, 3.8) is 0 Å². The number of carbonyl (C=O) groups is 1. The maximum Gasteiger partial charge on any atom is 0.434 e. The number of nitrogens with one attached hydrogen (secondary N) is 2. The molecule has 0 saturated carbocycles. The van der Waals surface area contributed by atoms with E-state index in [0.717, 1.165) is 17.5 Å². The van der Waals surface area contributed by atoms with Gasteiger partial charge in [0.25, 0.3) is 0 Å². The second-order valence-electron chi connectivity index (χ2n) is 6.25. The number of carbonyl (C=O) groups excluding carboxylic acids is 1. The van der Waals surface area contributed by atoms with Gasteiger partial charge in [-0.25, -0.2) is 19.0 Å². The van der Waals surface area contributed by atoms with Crippen LogP contribution in [0.25, 0.3) is 0 Å². The molecule has 4 N–H and O–H groups in total. The Labute approximate surface area is 169 Å². The predicted octanol–water partition coefficient (Wildman–Crippen LogP) is 2.64. The van der Waals surface area contributed by atoms with Gasteiger partial charge in [0.15, 0.2) is 0 Å². The first-order chi connectivity index (χ1) is 13.3. The van der Waals surface area contributed by atoms with E-state index in [0.29, 0.717) is 22.5 Å². The van der Waals surface area contributed by atoms with Gasteiger partial charge in [-0.2, -0.15) is 0 Å². The van der Waals surface area contributed by atoms with Gasteiger partial charge in [0, 0.05) is 16.9 Å². The van der Waals surface area contributed by atoms with Crippen LogP contribution in [-0.4, -0.2) is 21.5 Å². The molecule has 2 atom stereocenters. The fourth-order valence-electron chi connectivity index (χ4n) is 2.81. The summed E-state index contributed by atoms with van der Waals surface area (Å²) in [5.41, 5.74) is 7.07. The number of hydrogen-bond acceptors (Lipinski definition) is 6. The smallest absolute Gasteiger partial charge is 0.391 e. The molecule has 0 radical (unpaired) electrons. The van der Waals surface area contributed by atoms with Gasteiger partial charge in [-0.3, -0.25) is 4.79 Å². The van der Waals surface area contributed by atoms with Crippen LogP contribution in [0.1, 0.15) is 29.5 Å². The third-order valence-corrected chi connectivity index (χ3v) is 5.58. The lowest BCUT2D eigenvalue weighted by Crippen LogP contribution is -2.22. The topological polar surface area (TPSA) is 114 Å². The number of amides is 1. The number of aryl methyl sites for hydroxylation is 1. The quantitative estimate of drug-likeness (QED) is 0.465. The molecule has 0 bridgehead atoms. The van der Waals surface area contributed by atoms with Gasteiger partial charge in [-0.15, -0.1) is 16.7 Å². The van der Waals surface area contributed by atoms with Crippen LogP contribution >= 0.6 is 23.5 Å². The molecule has 10 heteroatoms. The standard InChI is InChI=1S/C18H18ClFN4O3S/c1-9-3-2-4-13(20)11(9)8-14(17-22-23-18(26)27-17)24-28-15-6-5-10(19)7-12(15)16(21)25/h2-6,10,14,24H,7-8H2,1H3,(H2,21,25)(H,23,26). The number of nitrogens with two attached hydrogens (primary N) is 1. The molecule has 3 rings (SSSR count). The minimum absolute atomic E-state index is 0.0800. The summed E-state index contributed by atoms with van der Waals surface area (Å²) in [7, 11) is 0. The Morgan fingerprint density at radius 1 is 1.57 bits per heavy atom. The van der Waals surface area contributed by atoms with Gasteiger partial charge in [-0.1, -0.05) is 18.2 Å². The molecular weight excluding hydrogens is 407 g/mol. The summed E-state index contributed by atoms with van der Waals surface area (Å²) in [6.07, 6.45) is 3.94. The van der Waals surface area contributed by atoms with Crippen LogP contribution in [0, 0.1) is 12.7 Å². The highest BCUT2D eigenvalue weighted by Crippen LogP contribution is 2.31. The molecule has 1 heterocycles. The molecule has 1 aromatic carbocycles. The van der Waals surface area contributed by atoms with Gasteiger partial charge in [0.05, 0.1) is 11.4 Å². The maximum atomic E-state index is 14.3. The van der Waals surface area contributed by atoms with Crippen LogP contribution < -0.4 is 16.2 Å². The van der Waals surface area contributed by atoms with Crippen LogP contribution in [0.15, 0.2) is 50.0 Å². The van der Waals surface area contributed by atoms with Crippen molar-refractivity contribution in [1.82, 2.24) is 14.9 Å². The first-order valence-electron chi connectivity index (χ1n) is 8.42. The van der Waals surface area contributed by atoms with Crippen molar-refractivity contribution >= 4 is 29.5 Å². The number of hydrogen-bond donors (Lipinski definition) is 3. The van der Waals surface area contributed by atoms with Crippen molar-refractivity contribution in [2.75, 3.05) is 0 Å². The molecule has 148 valence electrons. The minimum Gasteiger partial charge on any atom is -0.391 e. The Balaban J connectivity index is 1.86. The third-order valence-electron chi connectivity index (χ3n) is 4.28. The number of allylic oxidation sites excluding steroid dienone is 2. The zero-order valence-corrected chi connectivity index (χ0v) is 16.4. The van der Waals surface area contributed by atoms with Crippen molar-refractivity contribution in [1.29, 1.82) is 0 Å². The minimum atomic E-state index is -0.711. The number of aromatic amines is 1. The van der Waals surface area contributed by atoms with Gasteiger partial charge in [0.2, 0.25) is 11.8 Å². The molecule has 0 saturated heterocycles. The van der Waals surface area contributed by atoms with Crippen molar-refractivity contribution in [3.8, 4) is 0 Å². The highest BCUT2D eigenvalue weighted by atomic mass is 35.5. The normalized spacial score (nSPS) is 17.8. The van der Waals surface area contributed by atoms with Crippen molar-refractivity contribution in [2.45, 2.75) is 31.2 Å². The van der Waals surface area contributed by atoms with Crippen LogP contribution in [0.2, 0.25) is 0 Å². The van der Waals surface area contributed by atoms with Gasteiger partial charge >= 0.3 is 5.76 Å². The molecule has 1 aliphatic rings. The summed E-state index contributed by atoms with van der Waals surface area (Å²) in [5, 5.41) is 5.74. The summed E-state index contributed by atoms with van der Waals surface area (Å²) in [6.45, 7) is 1.79. The number of nitrogens with zero attached hydrogens (tertiary/aromatic N) is 1. The van der Waals surface area contributed by atoms with E-state index in [1.807, 2.05) is 0 Å². The number of alkyl halides is 1. The molecule has 2 aromatic rings. The van der Waals surface area contributed by atoms with Crippen LogP contribution in [-0.2, 0) is 11.2 Å². The lowest BCUT2D eigenvalue weighted by molar-refractivity contribution is -0.114. The lowest BCUT2D eigenvalue weighted by atomic mass is 10.0. The van der Waals surface area contributed by atoms with Crippen LogP contribution in [0.3, 0.4) is 0 Å². The van der Waals surface area contributed by atoms with E-state index in [-0.39, 0.29) is 23.5 Å². The average molecular weight is 425 g/mol. The van der Waals surface area contributed by atoms with E-state index in [2.05, 4.69) is 14.9 Å². The molecule has 0 aliphatic heterocycles. The fraction of sp³-hybridized carbons (Fsp3) is 0.278. The Morgan fingerprint density at radius 3 is 3.00 bits per heavy atom. The Bertz CT molecular complexity index is 980. The van der Waals surface area contributed by atoms with Gasteiger partial charge in [0.1, 0.15) is 5.82 Å². The Kier molecular flexibility index (Phi) is 6.38. The number of H-pyrrole nitrogens is 1. The molecule has 28 heavy (non-hydrogen) atoms. The number of halogens is 2. The summed E-state index contributed by atoms with van der Waals surface area (Å²) < 4.78 is 22.4. The number of primary amides is 1. The van der Waals surface area contributed by atoms with Gasteiger partial charge in [-0.05, 0) is 48.6 Å². The third kappa shape index (κ3) is 4.73. The molecule has 1 amide bonds. The lowest BCUT2D eigenvalue weighted by Gasteiger charge is -2.20. The first-order valence-corrected chi connectivity index (χ1v) is 9.67. The van der Waals surface area contributed by atoms with Crippen molar-refractivity contribution in [3.05, 3.63) is 74.2 Å². The van der Waals surface area contributed by atoms with E-state index in [1.54, 1.807) is 31.2 Å². The van der Waals surface area contributed by atoms with E-state index in [9.17, 15) is 14.0 Å². The van der Waals surface area contributed by atoms with E-state index in [4.69, 9.17) is 21.8 Å². The van der Waals surface area contributed by atoms with Crippen molar-refractivity contribution < 1.29 is 13.6 Å². The zero-order valence-electron chi connectivity index (χ0n) is 14.9. The second kappa shape index (κ2) is 8.76. The first kappa shape index (κ1) is 20.4. The van der Waals surface area contributed by atoms with E-state index < -0.39 is 17.7 Å². The average Bonchev–Trinajstić information content (AvgIpc) is 3.07. The van der Waals surface area contributed by atoms with Crippen LogP contribution in [0.5, 0.6) is 0 Å². The fourth-order valence-corrected chi connectivity index (χ4v) is 3.94. The predicted molar refractivity (Wildman–Crippen MR) is 105 cm³/mol. The zero-order chi connectivity index (χ0) is 20.3. The highest BCUT2D eigenvalue weighted by Gasteiger charge is 2.24. The molecule has 7 nitrogen and oxygen atoms in total.